The quantitative estimate of drug-likeness (QED) is 0.337. The average Bonchev–Trinajstić information content (AvgIpc) is 2.62. The fourth-order valence-corrected chi connectivity index (χ4v) is 2.66. The van der Waals surface area contributed by atoms with E-state index in [-0.39, 0.29) is 5.76 Å². The number of rotatable bonds is 4. The van der Waals surface area contributed by atoms with Gasteiger partial charge in [0.05, 0.1) is 13.7 Å². The SMILES string of the molecule is COC1=CC(=O)N(C)C(O)C1(C#N)O[C@@H]1O[C@H](CO)[C@@H](O)[C@H](O)[C@H]1O. The van der Waals surface area contributed by atoms with E-state index in [0.717, 1.165) is 18.1 Å². The monoisotopic (exact) mass is 360 g/mol. The van der Waals surface area contributed by atoms with Gasteiger partial charge in [0.2, 0.25) is 0 Å². The van der Waals surface area contributed by atoms with E-state index < -0.39 is 55.0 Å². The smallest absolute Gasteiger partial charge is 0.258 e. The van der Waals surface area contributed by atoms with Gasteiger partial charge in [-0.1, -0.05) is 0 Å². The molecule has 0 spiro atoms. The van der Waals surface area contributed by atoms with Gasteiger partial charge in [0.25, 0.3) is 11.5 Å². The minimum absolute atomic E-state index is 0.331. The van der Waals surface area contributed by atoms with Crippen molar-refractivity contribution < 1.29 is 44.5 Å². The molecule has 1 saturated heterocycles. The topological polar surface area (TPSA) is 173 Å². The van der Waals surface area contributed by atoms with Crippen LogP contribution in [0.25, 0.3) is 0 Å². The largest absolute Gasteiger partial charge is 0.496 e. The van der Waals surface area contributed by atoms with Gasteiger partial charge in [-0.25, -0.2) is 0 Å². The molecule has 0 aromatic heterocycles. The number of aliphatic hydroxyl groups excluding tert-OH is 5. The molecule has 1 fully saturated rings. The number of hydrogen-bond acceptors (Lipinski definition) is 10. The van der Waals surface area contributed by atoms with Crippen molar-refractivity contribution in [2.75, 3.05) is 20.8 Å². The average molecular weight is 360 g/mol. The van der Waals surface area contributed by atoms with Crippen LogP contribution in [0.1, 0.15) is 0 Å². The molecule has 0 bridgehead atoms. The molecule has 11 nitrogen and oxygen atoms in total. The number of likely N-dealkylation sites (N-methyl/N-ethyl adjacent to an activating group) is 1. The molecule has 25 heavy (non-hydrogen) atoms. The summed E-state index contributed by atoms with van der Waals surface area (Å²) >= 11 is 0. The summed E-state index contributed by atoms with van der Waals surface area (Å²) in [5.41, 5.74) is -2.26. The first-order valence-electron chi connectivity index (χ1n) is 7.34. The Bertz CT molecular complexity index is 589. The van der Waals surface area contributed by atoms with E-state index in [0.29, 0.717) is 0 Å². The molecule has 0 aromatic carbocycles. The van der Waals surface area contributed by atoms with Gasteiger partial charge < -0.3 is 44.6 Å². The molecule has 1 amide bonds. The van der Waals surface area contributed by atoms with Gasteiger partial charge in [-0.05, 0) is 0 Å². The van der Waals surface area contributed by atoms with Crippen molar-refractivity contribution in [3.63, 3.8) is 0 Å². The molecule has 7 atom stereocenters. The van der Waals surface area contributed by atoms with Crippen LogP contribution in [0.3, 0.4) is 0 Å². The van der Waals surface area contributed by atoms with Crippen LogP contribution in [0.15, 0.2) is 11.8 Å². The Morgan fingerprint density at radius 2 is 1.96 bits per heavy atom. The number of methoxy groups -OCH3 is 1. The number of amides is 1. The van der Waals surface area contributed by atoms with Crippen molar-refractivity contribution >= 4 is 5.91 Å². The predicted octanol–water partition coefficient (Wildman–Crippen LogP) is -3.61. The standard InChI is InChI=1S/C14H20N2O9/c1-16-8(18)3-7(23-2)14(5-15,13(16)22)25-12-11(21)10(20)9(19)6(4-17)24-12/h3,6,9-13,17,19-22H,4H2,1-2H3/t6-,9-,10+,11-,12+,13?,14?/m1/s1. The van der Waals surface area contributed by atoms with E-state index in [4.69, 9.17) is 14.2 Å². The van der Waals surface area contributed by atoms with Crippen LogP contribution in [0.2, 0.25) is 0 Å². The molecule has 0 saturated carbocycles. The first-order chi connectivity index (χ1) is 11.7. The van der Waals surface area contributed by atoms with Gasteiger partial charge in [-0.3, -0.25) is 4.79 Å². The van der Waals surface area contributed by atoms with Gasteiger partial charge in [0.1, 0.15) is 30.5 Å². The van der Waals surface area contributed by atoms with Crippen LogP contribution in [-0.2, 0) is 19.0 Å². The van der Waals surface area contributed by atoms with Crippen molar-refractivity contribution in [3.05, 3.63) is 11.8 Å². The Morgan fingerprint density at radius 1 is 1.32 bits per heavy atom. The fourth-order valence-electron chi connectivity index (χ4n) is 2.66. The Labute approximate surface area is 142 Å². The summed E-state index contributed by atoms with van der Waals surface area (Å²) in [5, 5.41) is 58.8. The highest BCUT2D eigenvalue weighted by Gasteiger charge is 2.56. The summed E-state index contributed by atoms with van der Waals surface area (Å²) in [6, 6.07) is 1.69. The van der Waals surface area contributed by atoms with Gasteiger partial charge in [-0.15, -0.1) is 0 Å². The lowest BCUT2D eigenvalue weighted by Crippen LogP contribution is -2.65. The summed E-state index contributed by atoms with van der Waals surface area (Å²) in [7, 11) is 2.37. The third-order valence-electron chi connectivity index (χ3n) is 4.24. The van der Waals surface area contributed by atoms with Crippen molar-refractivity contribution in [1.82, 2.24) is 4.90 Å². The number of carbonyl (C=O) groups is 1. The fraction of sp³-hybridized carbons (Fsp3) is 0.714. The molecule has 5 N–H and O–H groups in total. The van der Waals surface area contributed by atoms with Crippen LogP contribution >= 0.6 is 0 Å². The molecule has 2 aliphatic rings. The molecular weight excluding hydrogens is 340 g/mol. The minimum atomic E-state index is -2.26. The van der Waals surface area contributed by atoms with E-state index >= 15 is 0 Å². The number of aliphatic hydroxyl groups is 5. The Balaban J connectivity index is 2.38. The summed E-state index contributed by atoms with van der Waals surface area (Å²) in [4.78, 5) is 12.6. The molecule has 2 unspecified atom stereocenters. The number of ether oxygens (including phenoxy) is 3. The van der Waals surface area contributed by atoms with Crippen LogP contribution in [0.5, 0.6) is 0 Å². The summed E-state index contributed by atoms with van der Waals surface area (Å²) in [6.45, 7) is -0.696. The maximum absolute atomic E-state index is 11.8. The molecule has 0 aliphatic carbocycles. The zero-order valence-electron chi connectivity index (χ0n) is 13.5. The van der Waals surface area contributed by atoms with Gasteiger partial charge in [0.15, 0.2) is 18.3 Å². The lowest BCUT2D eigenvalue weighted by molar-refractivity contribution is -0.331. The maximum atomic E-state index is 11.8. The number of nitriles is 1. The molecule has 0 aromatic rings. The highest BCUT2D eigenvalue weighted by atomic mass is 16.7. The lowest BCUT2D eigenvalue weighted by atomic mass is 9.94. The Hall–Kier alpha value is -1.78. The second-order valence-electron chi connectivity index (χ2n) is 5.70. The van der Waals surface area contributed by atoms with Crippen LogP contribution in [-0.4, -0.2) is 99.6 Å². The lowest BCUT2D eigenvalue weighted by Gasteiger charge is -2.45. The van der Waals surface area contributed by atoms with Crippen molar-refractivity contribution in [2.24, 2.45) is 0 Å². The van der Waals surface area contributed by atoms with E-state index in [1.54, 1.807) is 6.07 Å². The first kappa shape index (κ1) is 19.5. The van der Waals surface area contributed by atoms with Crippen LogP contribution in [0, 0.1) is 11.3 Å². The van der Waals surface area contributed by atoms with Crippen molar-refractivity contribution in [3.8, 4) is 6.07 Å². The summed E-state index contributed by atoms with van der Waals surface area (Å²) in [5.74, 6) is -0.977. The molecule has 0 radical (unpaired) electrons. The second-order valence-corrected chi connectivity index (χ2v) is 5.70. The second kappa shape index (κ2) is 7.22. The van der Waals surface area contributed by atoms with Crippen LogP contribution in [0.4, 0.5) is 0 Å². The number of hydrogen-bond donors (Lipinski definition) is 5. The van der Waals surface area contributed by atoms with E-state index in [1.165, 1.54) is 7.05 Å². The Morgan fingerprint density at radius 3 is 2.48 bits per heavy atom. The zero-order chi connectivity index (χ0) is 18.9. The first-order valence-corrected chi connectivity index (χ1v) is 7.34. The predicted molar refractivity (Wildman–Crippen MR) is 77.1 cm³/mol. The minimum Gasteiger partial charge on any atom is -0.496 e. The molecular formula is C14H20N2O9. The Kier molecular flexibility index (Phi) is 5.65. The van der Waals surface area contributed by atoms with E-state index in [9.17, 15) is 35.6 Å². The molecule has 2 heterocycles. The van der Waals surface area contributed by atoms with Gasteiger partial charge in [0, 0.05) is 13.1 Å². The van der Waals surface area contributed by atoms with E-state index in [1.807, 2.05) is 0 Å². The third kappa shape index (κ3) is 3.09. The van der Waals surface area contributed by atoms with Crippen molar-refractivity contribution in [2.45, 2.75) is 42.5 Å². The molecule has 2 rings (SSSR count). The molecule has 2 aliphatic heterocycles. The maximum Gasteiger partial charge on any atom is 0.258 e. The van der Waals surface area contributed by atoms with Crippen molar-refractivity contribution in [1.29, 1.82) is 5.26 Å². The highest BCUT2D eigenvalue weighted by molar-refractivity contribution is 5.90. The van der Waals surface area contributed by atoms with E-state index in [2.05, 4.69) is 0 Å². The van der Waals surface area contributed by atoms with Crippen LogP contribution < -0.4 is 0 Å². The third-order valence-corrected chi connectivity index (χ3v) is 4.24. The van der Waals surface area contributed by atoms with Gasteiger partial charge in [-0.2, -0.15) is 5.26 Å². The van der Waals surface area contributed by atoms with Gasteiger partial charge >= 0.3 is 0 Å². The summed E-state index contributed by atoms with van der Waals surface area (Å²) in [6.07, 6.45) is -9.00. The number of nitrogens with zero attached hydrogens (tertiary/aromatic N) is 2. The summed E-state index contributed by atoms with van der Waals surface area (Å²) < 4.78 is 15.6. The zero-order valence-corrected chi connectivity index (χ0v) is 13.5. The normalized spacial score (nSPS) is 41.9. The molecule has 140 valence electrons. The highest BCUT2D eigenvalue weighted by Crippen LogP contribution is 2.35. The molecule has 11 heteroatoms. The number of carbonyl (C=O) groups excluding carboxylic acids is 1.